The lowest BCUT2D eigenvalue weighted by Crippen LogP contribution is -2.34. The standard InChI is InChI=1S/C15H15FN4/c16-14-9-12(10-17)1-2-15(14)19-6-3-13(4-7-19)20-8-5-18-11-20/h1-2,5,8-9,11,13H,3-4,6-7H2. The Morgan fingerprint density at radius 3 is 2.70 bits per heavy atom. The van der Waals surface area contributed by atoms with Crippen LogP contribution in [0, 0.1) is 17.1 Å². The number of hydrogen-bond donors (Lipinski definition) is 0. The first-order valence-corrected chi connectivity index (χ1v) is 6.70. The number of nitriles is 1. The third-order valence-electron chi connectivity index (χ3n) is 3.83. The first-order chi connectivity index (χ1) is 9.78. The van der Waals surface area contributed by atoms with Crippen molar-refractivity contribution in [1.29, 1.82) is 5.26 Å². The average molecular weight is 270 g/mol. The van der Waals surface area contributed by atoms with Crippen molar-refractivity contribution in [2.24, 2.45) is 0 Å². The largest absolute Gasteiger partial charge is 0.369 e. The molecule has 1 aromatic heterocycles. The summed E-state index contributed by atoms with van der Waals surface area (Å²) in [7, 11) is 0. The molecule has 0 atom stereocenters. The number of benzene rings is 1. The fraction of sp³-hybridized carbons (Fsp3) is 0.333. The number of rotatable bonds is 2. The van der Waals surface area contributed by atoms with Crippen LogP contribution in [0.1, 0.15) is 24.4 Å². The molecule has 1 saturated heterocycles. The molecule has 0 spiro atoms. The van der Waals surface area contributed by atoms with Crippen LogP contribution in [0.3, 0.4) is 0 Å². The van der Waals surface area contributed by atoms with Crippen molar-refractivity contribution in [2.45, 2.75) is 18.9 Å². The van der Waals surface area contributed by atoms with Crippen LogP contribution < -0.4 is 4.90 Å². The molecule has 0 saturated carbocycles. The van der Waals surface area contributed by atoms with Gasteiger partial charge in [0.1, 0.15) is 5.82 Å². The molecule has 5 heteroatoms. The van der Waals surface area contributed by atoms with Gasteiger partial charge in [0, 0.05) is 31.5 Å². The molecule has 1 aromatic carbocycles. The van der Waals surface area contributed by atoms with Crippen molar-refractivity contribution in [1.82, 2.24) is 9.55 Å². The monoisotopic (exact) mass is 270 g/mol. The second-order valence-corrected chi connectivity index (χ2v) is 5.01. The minimum absolute atomic E-state index is 0.315. The topological polar surface area (TPSA) is 44.9 Å². The van der Waals surface area contributed by atoms with Gasteiger partial charge in [-0.3, -0.25) is 0 Å². The fourth-order valence-corrected chi connectivity index (χ4v) is 2.72. The highest BCUT2D eigenvalue weighted by molar-refractivity contribution is 5.51. The van der Waals surface area contributed by atoms with E-state index in [-0.39, 0.29) is 5.82 Å². The molecule has 0 unspecified atom stereocenters. The van der Waals surface area contributed by atoms with Gasteiger partial charge in [-0.2, -0.15) is 5.26 Å². The maximum absolute atomic E-state index is 14.0. The van der Waals surface area contributed by atoms with Crippen LogP contribution >= 0.6 is 0 Å². The molecule has 3 rings (SSSR count). The summed E-state index contributed by atoms with van der Waals surface area (Å²) in [5.74, 6) is -0.315. The first-order valence-electron chi connectivity index (χ1n) is 6.70. The van der Waals surface area contributed by atoms with E-state index < -0.39 is 0 Å². The third-order valence-corrected chi connectivity index (χ3v) is 3.83. The number of piperidine rings is 1. The van der Waals surface area contributed by atoms with Crippen LogP contribution in [0.2, 0.25) is 0 Å². The van der Waals surface area contributed by atoms with Crippen LogP contribution in [0.4, 0.5) is 10.1 Å². The van der Waals surface area contributed by atoms with Crippen molar-refractivity contribution in [3.8, 4) is 6.07 Å². The lowest BCUT2D eigenvalue weighted by molar-refractivity contribution is 0.394. The number of halogens is 1. The Bertz CT molecular complexity index is 622. The van der Waals surface area contributed by atoms with Gasteiger partial charge in [-0.1, -0.05) is 0 Å². The van der Waals surface area contributed by atoms with Crippen LogP contribution in [0.15, 0.2) is 36.9 Å². The molecule has 1 aliphatic heterocycles. The van der Waals surface area contributed by atoms with Crippen molar-refractivity contribution in [3.05, 3.63) is 48.3 Å². The minimum Gasteiger partial charge on any atom is -0.369 e. The second-order valence-electron chi connectivity index (χ2n) is 5.01. The summed E-state index contributed by atoms with van der Waals surface area (Å²) in [4.78, 5) is 6.11. The molecular formula is C15H15FN4. The number of imidazole rings is 1. The summed E-state index contributed by atoms with van der Waals surface area (Å²) in [6, 6.07) is 7.06. The Kier molecular flexibility index (Phi) is 3.38. The van der Waals surface area contributed by atoms with E-state index in [1.165, 1.54) is 6.07 Å². The van der Waals surface area contributed by atoms with Crippen LogP contribution in [-0.4, -0.2) is 22.6 Å². The normalized spacial score (nSPS) is 16.1. The maximum atomic E-state index is 14.0. The Morgan fingerprint density at radius 1 is 1.30 bits per heavy atom. The molecule has 20 heavy (non-hydrogen) atoms. The van der Waals surface area contributed by atoms with Crippen molar-refractivity contribution in [3.63, 3.8) is 0 Å². The summed E-state index contributed by atoms with van der Waals surface area (Å²) in [5, 5.41) is 8.76. The number of hydrogen-bond acceptors (Lipinski definition) is 3. The van der Waals surface area contributed by atoms with Crippen molar-refractivity contribution in [2.75, 3.05) is 18.0 Å². The number of anilines is 1. The van der Waals surface area contributed by atoms with Gasteiger partial charge in [-0.05, 0) is 31.0 Å². The third kappa shape index (κ3) is 2.37. The van der Waals surface area contributed by atoms with Gasteiger partial charge in [0.15, 0.2) is 0 Å². The van der Waals surface area contributed by atoms with Gasteiger partial charge in [0.25, 0.3) is 0 Å². The van der Waals surface area contributed by atoms with E-state index in [9.17, 15) is 4.39 Å². The van der Waals surface area contributed by atoms with E-state index in [1.54, 1.807) is 18.3 Å². The zero-order chi connectivity index (χ0) is 13.9. The molecule has 0 N–H and O–H groups in total. The minimum atomic E-state index is -0.315. The van der Waals surface area contributed by atoms with Crippen LogP contribution in [-0.2, 0) is 0 Å². The quantitative estimate of drug-likeness (QED) is 0.843. The van der Waals surface area contributed by atoms with Crippen LogP contribution in [0.25, 0.3) is 0 Å². The Hall–Kier alpha value is -2.35. The Labute approximate surface area is 117 Å². The molecule has 0 aliphatic carbocycles. The van der Waals surface area contributed by atoms with Gasteiger partial charge < -0.3 is 9.47 Å². The van der Waals surface area contributed by atoms with E-state index in [4.69, 9.17) is 5.26 Å². The highest BCUT2D eigenvalue weighted by atomic mass is 19.1. The molecular weight excluding hydrogens is 255 g/mol. The number of aromatic nitrogens is 2. The predicted molar refractivity (Wildman–Crippen MR) is 73.8 cm³/mol. The lowest BCUT2D eigenvalue weighted by atomic mass is 10.0. The van der Waals surface area contributed by atoms with E-state index in [0.29, 0.717) is 17.3 Å². The second kappa shape index (κ2) is 5.33. The average Bonchev–Trinajstić information content (AvgIpc) is 3.01. The smallest absolute Gasteiger partial charge is 0.147 e. The Morgan fingerprint density at radius 2 is 2.10 bits per heavy atom. The lowest BCUT2D eigenvalue weighted by Gasteiger charge is -2.34. The molecule has 1 aliphatic rings. The van der Waals surface area contributed by atoms with Gasteiger partial charge in [0.2, 0.25) is 0 Å². The molecule has 2 aromatic rings. The van der Waals surface area contributed by atoms with Gasteiger partial charge in [-0.15, -0.1) is 0 Å². The summed E-state index contributed by atoms with van der Waals surface area (Å²) in [5.41, 5.74) is 0.952. The zero-order valence-corrected chi connectivity index (χ0v) is 11.0. The van der Waals surface area contributed by atoms with Crippen LogP contribution in [0.5, 0.6) is 0 Å². The molecule has 1 fully saturated rings. The Balaban J connectivity index is 1.71. The van der Waals surface area contributed by atoms with Gasteiger partial charge in [-0.25, -0.2) is 9.37 Å². The van der Waals surface area contributed by atoms with E-state index in [1.807, 2.05) is 23.5 Å². The maximum Gasteiger partial charge on any atom is 0.147 e. The number of nitrogens with zero attached hydrogens (tertiary/aromatic N) is 4. The molecule has 102 valence electrons. The highest BCUT2D eigenvalue weighted by Gasteiger charge is 2.22. The predicted octanol–water partition coefficient (Wildman–Crippen LogP) is 2.74. The van der Waals surface area contributed by atoms with Gasteiger partial charge >= 0.3 is 0 Å². The molecule has 4 nitrogen and oxygen atoms in total. The fourth-order valence-electron chi connectivity index (χ4n) is 2.72. The van der Waals surface area contributed by atoms with Gasteiger partial charge in [0.05, 0.1) is 23.6 Å². The van der Waals surface area contributed by atoms with Crippen molar-refractivity contribution >= 4 is 5.69 Å². The van der Waals surface area contributed by atoms with E-state index in [2.05, 4.69) is 9.55 Å². The summed E-state index contributed by atoms with van der Waals surface area (Å²) < 4.78 is 16.1. The first kappa shape index (κ1) is 12.7. The van der Waals surface area contributed by atoms with Crippen molar-refractivity contribution < 1.29 is 4.39 Å². The zero-order valence-electron chi connectivity index (χ0n) is 11.0. The highest BCUT2D eigenvalue weighted by Crippen LogP contribution is 2.28. The van der Waals surface area contributed by atoms with E-state index >= 15 is 0 Å². The van der Waals surface area contributed by atoms with E-state index in [0.717, 1.165) is 25.9 Å². The molecule has 0 bridgehead atoms. The SMILES string of the molecule is N#Cc1ccc(N2CCC(n3ccnc3)CC2)c(F)c1. The molecule has 0 radical (unpaired) electrons. The molecule has 0 amide bonds. The summed E-state index contributed by atoms with van der Waals surface area (Å²) >= 11 is 0. The summed E-state index contributed by atoms with van der Waals surface area (Å²) in [6.45, 7) is 1.62. The summed E-state index contributed by atoms with van der Waals surface area (Å²) in [6.07, 6.45) is 7.53. The molecule has 2 heterocycles.